The molecule has 6 heteroatoms. The Balaban J connectivity index is 1.54. The third-order valence-electron chi connectivity index (χ3n) is 4.83. The third-order valence-corrected chi connectivity index (χ3v) is 4.83. The average Bonchev–Trinajstić information content (AvgIpc) is 3.08. The minimum Gasteiger partial charge on any atom is -0.389 e. The molecule has 1 aliphatic heterocycles. The van der Waals surface area contributed by atoms with Gasteiger partial charge in [0.2, 0.25) is 5.91 Å². The highest BCUT2D eigenvalue weighted by Gasteiger charge is 2.34. The van der Waals surface area contributed by atoms with Crippen LogP contribution in [0.3, 0.4) is 0 Å². The van der Waals surface area contributed by atoms with E-state index in [1.54, 1.807) is 0 Å². The van der Waals surface area contributed by atoms with Crippen LogP contribution >= 0.6 is 0 Å². The van der Waals surface area contributed by atoms with Crippen molar-refractivity contribution in [2.75, 3.05) is 18.0 Å². The van der Waals surface area contributed by atoms with Crippen LogP contribution in [0.1, 0.15) is 38.5 Å². The van der Waals surface area contributed by atoms with Crippen LogP contribution in [-0.4, -0.2) is 35.7 Å². The van der Waals surface area contributed by atoms with Crippen LogP contribution in [0.25, 0.3) is 0 Å². The molecule has 4 nitrogen and oxygen atoms in total. The van der Waals surface area contributed by atoms with Crippen molar-refractivity contribution in [3.63, 3.8) is 0 Å². The lowest BCUT2D eigenvalue weighted by molar-refractivity contribution is -0.126. The second-order valence-electron chi connectivity index (χ2n) is 6.70. The number of anilines is 1. The van der Waals surface area contributed by atoms with Gasteiger partial charge in [-0.05, 0) is 31.4 Å². The maximum absolute atomic E-state index is 13.8. The Bertz CT molecular complexity index is 588. The van der Waals surface area contributed by atoms with Gasteiger partial charge in [-0.25, -0.2) is 8.78 Å². The smallest absolute Gasteiger partial charge is 0.223 e. The number of rotatable bonds is 4. The quantitative estimate of drug-likeness (QED) is 0.894. The zero-order chi connectivity index (χ0) is 16.4. The Labute approximate surface area is 134 Å². The fourth-order valence-corrected chi connectivity index (χ4v) is 3.62. The Morgan fingerprint density at radius 3 is 2.78 bits per heavy atom. The van der Waals surface area contributed by atoms with E-state index < -0.39 is 17.2 Å². The Hall–Kier alpha value is -1.69. The second-order valence-corrected chi connectivity index (χ2v) is 6.70. The van der Waals surface area contributed by atoms with E-state index in [0.29, 0.717) is 38.0 Å². The molecule has 1 unspecified atom stereocenters. The number of hydrogen-bond donors (Lipinski definition) is 2. The summed E-state index contributed by atoms with van der Waals surface area (Å²) in [6.45, 7) is 1.10. The van der Waals surface area contributed by atoms with Gasteiger partial charge in [0.05, 0.1) is 17.7 Å². The number of nitrogens with zero attached hydrogens (tertiary/aromatic N) is 1. The standard InChI is InChI=1S/C17H22F2N2O2/c18-12-3-4-15(14(19)9-12)21-8-5-13(11-21)20-16(22)10-17(23)6-1-2-7-17/h3-4,9,13,23H,1-2,5-8,10-11H2,(H,20,22). The van der Waals surface area contributed by atoms with E-state index in [1.165, 1.54) is 12.1 Å². The number of nitrogens with one attached hydrogen (secondary N) is 1. The predicted molar refractivity (Wildman–Crippen MR) is 83.2 cm³/mol. The van der Waals surface area contributed by atoms with E-state index in [2.05, 4.69) is 5.32 Å². The number of aliphatic hydroxyl groups is 1. The summed E-state index contributed by atoms with van der Waals surface area (Å²) in [6, 6.07) is 3.46. The second kappa shape index (κ2) is 6.43. The summed E-state index contributed by atoms with van der Waals surface area (Å²) in [4.78, 5) is 13.9. The molecule has 1 amide bonds. The molecule has 1 heterocycles. The molecular formula is C17H22F2N2O2. The van der Waals surface area contributed by atoms with Gasteiger partial charge in [0.25, 0.3) is 0 Å². The van der Waals surface area contributed by atoms with Crippen molar-refractivity contribution in [3.05, 3.63) is 29.8 Å². The highest BCUT2D eigenvalue weighted by Crippen LogP contribution is 2.32. The molecule has 0 aromatic heterocycles. The minimum atomic E-state index is -0.856. The van der Waals surface area contributed by atoms with Gasteiger partial charge in [-0.1, -0.05) is 12.8 Å². The normalized spacial score (nSPS) is 23.3. The number of amides is 1. The molecule has 1 aromatic rings. The Kier molecular flexibility index (Phi) is 4.53. The molecule has 1 atom stereocenters. The van der Waals surface area contributed by atoms with Crippen LogP contribution < -0.4 is 10.2 Å². The summed E-state index contributed by atoms with van der Waals surface area (Å²) in [5.74, 6) is -1.34. The van der Waals surface area contributed by atoms with Crippen LogP contribution in [0, 0.1) is 11.6 Å². The van der Waals surface area contributed by atoms with Crippen molar-refractivity contribution in [3.8, 4) is 0 Å². The first-order chi connectivity index (χ1) is 11.0. The fourth-order valence-electron chi connectivity index (χ4n) is 3.62. The van der Waals surface area contributed by atoms with Gasteiger partial charge in [-0.15, -0.1) is 0 Å². The topological polar surface area (TPSA) is 52.6 Å². The summed E-state index contributed by atoms with van der Waals surface area (Å²) in [6.07, 6.45) is 4.13. The summed E-state index contributed by atoms with van der Waals surface area (Å²) >= 11 is 0. The maximum Gasteiger partial charge on any atom is 0.223 e. The molecule has 0 radical (unpaired) electrons. The first-order valence-electron chi connectivity index (χ1n) is 8.17. The highest BCUT2D eigenvalue weighted by atomic mass is 19.1. The molecule has 3 rings (SSSR count). The fraction of sp³-hybridized carbons (Fsp3) is 0.588. The largest absolute Gasteiger partial charge is 0.389 e. The molecule has 2 fully saturated rings. The van der Waals surface area contributed by atoms with Gasteiger partial charge in [0.15, 0.2) is 0 Å². The van der Waals surface area contributed by atoms with Crippen molar-refractivity contribution in [2.45, 2.75) is 50.2 Å². The zero-order valence-corrected chi connectivity index (χ0v) is 13.0. The van der Waals surface area contributed by atoms with E-state index in [4.69, 9.17) is 0 Å². The molecule has 0 spiro atoms. The highest BCUT2D eigenvalue weighted by molar-refractivity contribution is 5.77. The molecule has 2 aliphatic rings. The lowest BCUT2D eigenvalue weighted by Crippen LogP contribution is -2.41. The lowest BCUT2D eigenvalue weighted by Gasteiger charge is -2.23. The van der Waals surface area contributed by atoms with Gasteiger partial charge < -0.3 is 15.3 Å². The number of hydrogen-bond acceptors (Lipinski definition) is 3. The molecule has 1 saturated carbocycles. The van der Waals surface area contributed by atoms with Crippen molar-refractivity contribution in [2.24, 2.45) is 0 Å². The third kappa shape index (κ3) is 3.80. The number of benzene rings is 1. The molecule has 1 aromatic carbocycles. The van der Waals surface area contributed by atoms with Crippen molar-refractivity contribution in [1.29, 1.82) is 0 Å². The van der Waals surface area contributed by atoms with Gasteiger partial charge in [0, 0.05) is 25.2 Å². The van der Waals surface area contributed by atoms with Crippen molar-refractivity contribution < 1.29 is 18.7 Å². The summed E-state index contributed by atoms with van der Waals surface area (Å²) in [5, 5.41) is 13.2. The summed E-state index contributed by atoms with van der Waals surface area (Å²) in [7, 11) is 0. The van der Waals surface area contributed by atoms with E-state index in [-0.39, 0.29) is 18.4 Å². The van der Waals surface area contributed by atoms with Crippen LogP contribution in [0.5, 0.6) is 0 Å². The molecule has 2 N–H and O–H groups in total. The summed E-state index contributed by atoms with van der Waals surface area (Å²) < 4.78 is 26.8. The van der Waals surface area contributed by atoms with Crippen molar-refractivity contribution >= 4 is 11.6 Å². The van der Waals surface area contributed by atoms with Crippen LogP contribution in [-0.2, 0) is 4.79 Å². The molecule has 23 heavy (non-hydrogen) atoms. The first-order valence-corrected chi connectivity index (χ1v) is 8.17. The summed E-state index contributed by atoms with van der Waals surface area (Å²) in [5.41, 5.74) is -0.497. The molecule has 0 bridgehead atoms. The van der Waals surface area contributed by atoms with E-state index in [1.807, 2.05) is 4.90 Å². The number of halogens is 2. The molecule has 1 saturated heterocycles. The zero-order valence-electron chi connectivity index (χ0n) is 13.0. The predicted octanol–water partition coefficient (Wildman–Crippen LogP) is 2.35. The van der Waals surface area contributed by atoms with Crippen LogP contribution in [0.4, 0.5) is 14.5 Å². The number of carbonyl (C=O) groups is 1. The first kappa shape index (κ1) is 16.2. The van der Waals surface area contributed by atoms with Crippen LogP contribution in [0.2, 0.25) is 0 Å². The van der Waals surface area contributed by atoms with E-state index >= 15 is 0 Å². The molecular weight excluding hydrogens is 302 g/mol. The van der Waals surface area contributed by atoms with E-state index in [9.17, 15) is 18.7 Å². The molecule has 1 aliphatic carbocycles. The van der Waals surface area contributed by atoms with Gasteiger partial charge in [-0.3, -0.25) is 4.79 Å². The molecule has 126 valence electrons. The average molecular weight is 324 g/mol. The maximum atomic E-state index is 13.8. The lowest BCUT2D eigenvalue weighted by atomic mass is 9.97. The van der Waals surface area contributed by atoms with Gasteiger partial charge in [-0.2, -0.15) is 0 Å². The van der Waals surface area contributed by atoms with E-state index in [0.717, 1.165) is 18.9 Å². The monoisotopic (exact) mass is 324 g/mol. The van der Waals surface area contributed by atoms with Crippen LogP contribution in [0.15, 0.2) is 18.2 Å². The van der Waals surface area contributed by atoms with Gasteiger partial charge >= 0.3 is 0 Å². The minimum absolute atomic E-state index is 0.0723. The Morgan fingerprint density at radius 2 is 2.09 bits per heavy atom. The van der Waals surface area contributed by atoms with Crippen molar-refractivity contribution in [1.82, 2.24) is 5.32 Å². The Morgan fingerprint density at radius 1 is 1.35 bits per heavy atom. The van der Waals surface area contributed by atoms with Gasteiger partial charge in [0.1, 0.15) is 11.6 Å². The SMILES string of the molecule is O=C(CC1(O)CCCC1)NC1CCN(c2ccc(F)cc2F)C1. The number of carbonyl (C=O) groups excluding carboxylic acids is 1.